The van der Waals surface area contributed by atoms with Crippen molar-refractivity contribution in [3.05, 3.63) is 62.7 Å². The van der Waals surface area contributed by atoms with Crippen LogP contribution in [-0.4, -0.2) is 98.3 Å². The lowest BCUT2D eigenvalue weighted by atomic mass is 9.78. The number of nitrogens with zero attached hydrogens (tertiary/aromatic N) is 1. The van der Waals surface area contributed by atoms with Gasteiger partial charge in [0, 0.05) is 41.8 Å². The van der Waals surface area contributed by atoms with Crippen molar-refractivity contribution in [1.82, 2.24) is 15.5 Å². The van der Waals surface area contributed by atoms with E-state index in [9.17, 15) is 19.8 Å². The fraction of sp³-hybridized carbons (Fsp3) is 0.556. The minimum atomic E-state index is -0.789. The summed E-state index contributed by atoms with van der Waals surface area (Å²) in [5.41, 5.74) is 6.29. The topological polar surface area (TPSA) is 178 Å². The van der Waals surface area contributed by atoms with E-state index in [1.807, 2.05) is 41.0 Å². The molecule has 1 fully saturated rings. The van der Waals surface area contributed by atoms with E-state index >= 15 is 0 Å². The molecule has 0 spiro atoms. The van der Waals surface area contributed by atoms with Gasteiger partial charge in [-0.05, 0) is 107 Å². The number of rotatable bonds is 8. The normalized spacial score (nSPS) is 22.6. The third kappa shape index (κ3) is 8.43. The van der Waals surface area contributed by atoms with Crippen molar-refractivity contribution < 1.29 is 53.3 Å². The van der Waals surface area contributed by atoms with E-state index in [-0.39, 0.29) is 48.0 Å². The molecule has 0 amide bonds. The number of esters is 2. The third-order valence-electron chi connectivity index (χ3n) is 12.1. The van der Waals surface area contributed by atoms with Crippen LogP contribution in [-0.2, 0) is 27.2 Å². The highest BCUT2D eigenvalue weighted by molar-refractivity contribution is 7.98. The number of phenolic OH excluding ortho intramolecular Hbond substituents is 2. The fourth-order valence-corrected chi connectivity index (χ4v) is 10.3. The number of thioether (sulfide) groups is 1. The second-order valence-corrected chi connectivity index (χ2v) is 16.4. The highest BCUT2D eigenvalue weighted by Crippen LogP contribution is 2.60. The fourth-order valence-electron chi connectivity index (χ4n) is 9.22. The summed E-state index contributed by atoms with van der Waals surface area (Å²) in [6.45, 7) is 10.2. The minimum absolute atomic E-state index is 0.0109. The quantitative estimate of drug-likeness (QED) is 0.124. The van der Waals surface area contributed by atoms with Gasteiger partial charge in [0.25, 0.3) is 0 Å². The number of aromatic hydroxyl groups is 2. The molecule has 5 N–H and O–H groups in total. The average molecular weight is 852 g/mol. The summed E-state index contributed by atoms with van der Waals surface area (Å²) in [6, 6.07) is 3.31. The van der Waals surface area contributed by atoms with Crippen LogP contribution < -0.4 is 34.3 Å². The number of likely N-dealkylation sites (N-methyl/N-ethyl adjacent to an activating group) is 1. The molecule has 1 saturated carbocycles. The van der Waals surface area contributed by atoms with Gasteiger partial charge in [0.05, 0.1) is 37.7 Å². The molecule has 3 aromatic carbocycles. The molecule has 1 aliphatic carbocycles. The number of phenols is 2. The molecule has 0 saturated heterocycles. The highest BCUT2D eigenvalue weighted by Gasteiger charge is 2.51. The summed E-state index contributed by atoms with van der Waals surface area (Å²) in [7, 11) is 4.90. The maximum absolute atomic E-state index is 14.1. The van der Waals surface area contributed by atoms with E-state index < -0.39 is 30.1 Å². The van der Waals surface area contributed by atoms with Crippen LogP contribution >= 0.6 is 11.8 Å². The summed E-state index contributed by atoms with van der Waals surface area (Å²) in [5.74, 6) is 1.25. The Labute approximate surface area is 357 Å². The van der Waals surface area contributed by atoms with Crippen molar-refractivity contribution in [3.8, 4) is 40.2 Å². The Morgan fingerprint density at radius 3 is 2.30 bits per heavy atom. The number of fused-ring (bicyclic) bond motifs is 6. The van der Waals surface area contributed by atoms with Gasteiger partial charge in [0.2, 0.25) is 6.79 Å². The molecular formula is C45H61N3O11S. The second-order valence-electron chi connectivity index (χ2n) is 15.4. The van der Waals surface area contributed by atoms with Crippen molar-refractivity contribution >= 4 is 23.7 Å². The molecule has 3 aromatic rings. The lowest BCUT2D eigenvalue weighted by molar-refractivity contribution is -0.149. The van der Waals surface area contributed by atoms with E-state index in [0.29, 0.717) is 60.1 Å². The van der Waals surface area contributed by atoms with Crippen molar-refractivity contribution in [1.29, 1.82) is 0 Å². The standard InChI is InChI=1S/C39H47N3O10S.C4H8O.C2H6/c1-18-13-22-9-8-12-42-24(16-49-39(46)30-23-15-26(47-5)25(44)14-21(23)10-11-41-30)28-29(35(52-20(3)43)19(2)36-37(28)51-17-50-36)38(53-7)32(42)31(40-4)27(22)33(45)34(18)48-6;5-4-2-1-3-4;1-2/h13-15,24,30-32,38,40-41,44-45H,8-12,16-17H2,1-7H3;4-5H,1-3H2;1-2H3/t24-,30?,31+,32?,38?;;/m0../s1. The first-order valence-corrected chi connectivity index (χ1v) is 22.2. The summed E-state index contributed by atoms with van der Waals surface area (Å²) >= 11 is 1.61. The number of nitrogens with one attached hydrogen (secondary N) is 2. The van der Waals surface area contributed by atoms with E-state index in [4.69, 9.17) is 33.5 Å². The number of carbonyl (C=O) groups is 2. The van der Waals surface area contributed by atoms with E-state index in [2.05, 4.69) is 21.6 Å². The van der Waals surface area contributed by atoms with Gasteiger partial charge >= 0.3 is 11.9 Å². The zero-order chi connectivity index (χ0) is 43.4. The molecule has 328 valence electrons. The van der Waals surface area contributed by atoms with Gasteiger partial charge in [-0.25, -0.2) is 4.79 Å². The number of hydrogen-bond donors (Lipinski definition) is 5. The zero-order valence-electron chi connectivity index (χ0n) is 36.2. The number of hydrogen-bond acceptors (Lipinski definition) is 15. The maximum Gasteiger partial charge on any atom is 0.327 e. The molecule has 14 nitrogen and oxygen atoms in total. The molecule has 4 heterocycles. The largest absolute Gasteiger partial charge is 0.504 e. The van der Waals surface area contributed by atoms with Crippen LogP contribution in [0.25, 0.3) is 0 Å². The van der Waals surface area contributed by atoms with Gasteiger partial charge in [0.1, 0.15) is 18.4 Å². The lowest BCUT2D eigenvalue weighted by Crippen LogP contribution is -2.54. The zero-order valence-corrected chi connectivity index (χ0v) is 37.0. The molecular weight excluding hydrogens is 791 g/mol. The lowest BCUT2D eigenvalue weighted by Gasteiger charge is -2.51. The summed E-state index contributed by atoms with van der Waals surface area (Å²) in [6.07, 6.45) is 7.47. The van der Waals surface area contributed by atoms with E-state index in [0.717, 1.165) is 52.6 Å². The van der Waals surface area contributed by atoms with Crippen LogP contribution in [0.3, 0.4) is 0 Å². The maximum atomic E-state index is 14.1. The number of benzene rings is 3. The predicted molar refractivity (Wildman–Crippen MR) is 229 cm³/mol. The molecule has 0 radical (unpaired) electrons. The summed E-state index contributed by atoms with van der Waals surface area (Å²) in [5, 5.41) is 37.3. The Kier molecular flexibility index (Phi) is 14.7. The molecule has 60 heavy (non-hydrogen) atoms. The first-order valence-electron chi connectivity index (χ1n) is 20.9. The minimum Gasteiger partial charge on any atom is -0.504 e. The first kappa shape index (κ1) is 45.1. The SMILES string of the molecule is CC.CN[C@@H]1c2c(cc(C)c(OC)c2O)CCCN2C1C(SC)c1c(OC(C)=O)c(C)c3c(c1[C@@H]2COC(=O)C1NCCc2cc(O)c(OC)cc21)OCO3.OC1CCC1. The number of aliphatic hydroxyl groups excluding tert-OH is 1. The van der Waals surface area contributed by atoms with Crippen LogP contribution in [0.2, 0.25) is 0 Å². The third-order valence-corrected chi connectivity index (χ3v) is 13.1. The van der Waals surface area contributed by atoms with Crippen LogP contribution in [0.4, 0.5) is 0 Å². The molecule has 8 rings (SSSR count). The van der Waals surface area contributed by atoms with Crippen molar-refractivity contribution in [2.24, 2.45) is 0 Å². The highest BCUT2D eigenvalue weighted by atomic mass is 32.2. The molecule has 0 bridgehead atoms. The molecule has 5 atom stereocenters. The van der Waals surface area contributed by atoms with Crippen molar-refractivity contribution in [2.75, 3.05) is 54.0 Å². The van der Waals surface area contributed by atoms with Crippen molar-refractivity contribution in [3.63, 3.8) is 0 Å². The Morgan fingerprint density at radius 1 is 0.967 bits per heavy atom. The average Bonchev–Trinajstić information content (AvgIpc) is 3.72. The molecule has 5 aliphatic rings. The van der Waals surface area contributed by atoms with Gasteiger partial charge in [-0.1, -0.05) is 19.9 Å². The number of methoxy groups -OCH3 is 2. The Morgan fingerprint density at radius 2 is 1.68 bits per heavy atom. The van der Waals surface area contributed by atoms with Crippen LogP contribution in [0.1, 0.15) is 114 Å². The van der Waals surface area contributed by atoms with Crippen LogP contribution in [0.5, 0.6) is 40.2 Å². The summed E-state index contributed by atoms with van der Waals surface area (Å²) < 4.78 is 35.6. The van der Waals surface area contributed by atoms with Crippen LogP contribution in [0.15, 0.2) is 18.2 Å². The number of aryl methyl sites for hydroxylation is 2. The smallest absolute Gasteiger partial charge is 0.327 e. The van der Waals surface area contributed by atoms with Gasteiger partial charge in [-0.2, -0.15) is 11.8 Å². The number of carbonyl (C=O) groups excluding carboxylic acids is 2. The van der Waals surface area contributed by atoms with E-state index in [1.165, 1.54) is 20.5 Å². The van der Waals surface area contributed by atoms with Crippen molar-refractivity contribution in [2.45, 2.75) is 109 Å². The van der Waals surface area contributed by atoms with Gasteiger partial charge < -0.3 is 54.4 Å². The predicted octanol–water partition coefficient (Wildman–Crippen LogP) is 6.41. The molecule has 3 unspecified atom stereocenters. The Hall–Kier alpha value is -4.41. The Balaban J connectivity index is 0.000000793. The molecule has 15 heteroatoms. The number of ether oxygens (including phenoxy) is 6. The Bertz CT molecular complexity index is 2060. The molecule has 4 aliphatic heterocycles. The monoisotopic (exact) mass is 851 g/mol. The van der Waals surface area contributed by atoms with Gasteiger partial charge in [0.15, 0.2) is 34.5 Å². The molecule has 0 aromatic heterocycles. The number of aliphatic hydroxyl groups is 1. The van der Waals surface area contributed by atoms with Gasteiger partial charge in [-0.3, -0.25) is 9.69 Å². The first-order chi connectivity index (χ1) is 28.9. The van der Waals surface area contributed by atoms with Gasteiger partial charge in [-0.15, -0.1) is 0 Å². The second kappa shape index (κ2) is 19.5. The summed E-state index contributed by atoms with van der Waals surface area (Å²) in [4.78, 5) is 29.2. The van der Waals surface area contributed by atoms with E-state index in [1.54, 1.807) is 31.0 Å². The van der Waals surface area contributed by atoms with Crippen LogP contribution in [0, 0.1) is 13.8 Å².